The molecule has 0 unspecified atom stereocenters. The Hall–Kier alpha value is -2.33. The maximum atomic E-state index is 11.7. The molecule has 0 bridgehead atoms. The second-order valence-corrected chi connectivity index (χ2v) is 6.91. The maximum absolute atomic E-state index is 11.7. The van der Waals surface area contributed by atoms with Crippen LogP contribution in [0.15, 0.2) is 48.5 Å². The lowest BCUT2D eigenvalue weighted by Crippen LogP contribution is -2.49. The van der Waals surface area contributed by atoms with E-state index in [9.17, 15) is 4.79 Å². The number of carbonyl (C=O) groups is 1. The Morgan fingerprint density at radius 3 is 2.44 bits per heavy atom. The van der Waals surface area contributed by atoms with Crippen molar-refractivity contribution in [3.63, 3.8) is 0 Å². The summed E-state index contributed by atoms with van der Waals surface area (Å²) in [5.41, 5.74) is 5.06. The Balaban J connectivity index is 1.85. The molecule has 0 atom stereocenters. The third-order valence-electron chi connectivity index (χ3n) is 5.22. The lowest BCUT2D eigenvalue weighted by molar-refractivity contribution is 0.233. The van der Waals surface area contributed by atoms with Crippen LogP contribution in [-0.2, 0) is 5.41 Å². The zero-order chi connectivity index (χ0) is 17.7. The maximum Gasteiger partial charge on any atom is 0.314 e. The molecule has 1 fully saturated rings. The number of benzene rings is 2. The third kappa shape index (κ3) is 4.02. The van der Waals surface area contributed by atoms with Gasteiger partial charge in [0.25, 0.3) is 0 Å². The van der Waals surface area contributed by atoms with Gasteiger partial charge in [-0.2, -0.15) is 0 Å². The smallest absolute Gasteiger partial charge is 0.314 e. The van der Waals surface area contributed by atoms with Gasteiger partial charge < -0.3 is 16.0 Å². The van der Waals surface area contributed by atoms with Gasteiger partial charge in [-0.3, -0.25) is 0 Å². The molecule has 4 nitrogen and oxygen atoms in total. The Morgan fingerprint density at radius 2 is 1.80 bits per heavy atom. The molecule has 0 radical (unpaired) electrons. The lowest BCUT2D eigenvalue weighted by atomic mass is 9.73. The molecule has 2 aromatic rings. The van der Waals surface area contributed by atoms with E-state index in [1.165, 1.54) is 22.3 Å². The van der Waals surface area contributed by atoms with E-state index in [4.69, 9.17) is 0 Å². The summed E-state index contributed by atoms with van der Waals surface area (Å²) in [6.45, 7) is 4.74. The molecular weight excluding hydrogens is 310 g/mol. The van der Waals surface area contributed by atoms with Crippen molar-refractivity contribution < 1.29 is 4.79 Å². The predicted molar refractivity (Wildman–Crippen MR) is 103 cm³/mol. The number of hydrogen-bond acceptors (Lipinski definition) is 2. The van der Waals surface area contributed by atoms with Crippen LogP contribution in [0.25, 0.3) is 11.1 Å². The van der Waals surface area contributed by atoms with E-state index in [0.29, 0.717) is 6.54 Å². The average molecular weight is 337 g/mol. The predicted octanol–water partition coefficient (Wildman–Crippen LogP) is 3.21. The number of urea groups is 1. The first-order chi connectivity index (χ1) is 12.1. The summed E-state index contributed by atoms with van der Waals surface area (Å²) < 4.78 is 0. The van der Waals surface area contributed by atoms with Crippen molar-refractivity contribution in [3.05, 3.63) is 59.7 Å². The molecule has 3 N–H and O–H groups in total. The Bertz CT molecular complexity index is 718. The van der Waals surface area contributed by atoms with Gasteiger partial charge in [-0.25, -0.2) is 4.79 Å². The van der Waals surface area contributed by atoms with Crippen LogP contribution in [0.2, 0.25) is 0 Å². The van der Waals surface area contributed by atoms with Crippen LogP contribution in [-0.4, -0.2) is 32.7 Å². The third-order valence-corrected chi connectivity index (χ3v) is 5.22. The van der Waals surface area contributed by atoms with Gasteiger partial charge in [0.15, 0.2) is 0 Å². The second-order valence-electron chi connectivity index (χ2n) is 6.91. The number of carbonyl (C=O) groups excluding carboxylic acids is 1. The van der Waals surface area contributed by atoms with Crippen LogP contribution in [0.4, 0.5) is 4.79 Å². The summed E-state index contributed by atoms with van der Waals surface area (Å²) in [6, 6.07) is 17.3. The minimum absolute atomic E-state index is 0.00287. The van der Waals surface area contributed by atoms with Crippen molar-refractivity contribution in [1.82, 2.24) is 16.0 Å². The topological polar surface area (TPSA) is 53.2 Å². The van der Waals surface area contributed by atoms with Crippen molar-refractivity contribution in [3.8, 4) is 11.1 Å². The molecule has 2 aromatic carbocycles. The van der Waals surface area contributed by atoms with Gasteiger partial charge in [0.1, 0.15) is 0 Å². The minimum Gasteiger partial charge on any atom is -0.341 e. The van der Waals surface area contributed by atoms with Crippen LogP contribution in [0.1, 0.15) is 24.0 Å². The fraction of sp³-hybridized carbons (Fsp3) is 0.381. The van der Waals surface area contributed by atoms with Crippen LogP contribution in [0, 0.1) is 6.92 Å². The molecule has 25 heavy (non-hydrogen) atoms. The number of amides is 2. The van der Waals surface area contributed by atoms with Crippen molar-refractivity contribution in [2.45, 2.75) is 25.2 Å². The zero-order valence-electron chi connectivity index (χ0n) is 15.1. The van der Waals surface area contributed by atoms with E-state index in [-0.39, 0.29) is 11.4 Å². The van der Waals surface area contributed by atoms with Gasteiger partial charge in [-0.1, -0.05) is 54.1 Å². The molecule has 3 rings (SSSR count). The van der Waals surface area contributed by atoms with E-state index >= 15 is 0 Å². The quantitative estimate of drug-likeness (QED) is 0.802. The van der Waals surface area contributed by atoms with Gasteiger partial charge in [-0.05, 0) is 49.5 Å². The molecule has 1 aliphatic heterocycles. The average Bonchev–Trinajstić information content (AvgIpc) is 2.67. The summed E-state index contributed by atoms with van der Waals surface area (Å²) in [4.78, 5) is 11.7. The fourth-order valence-corrected chi connectivity index (χ4v) is 3.65. The molecule has 132 valence electrons. The van der Waals surface area contributed by atoms with E-state index in [2.05, 4.69) is 71.4 Å². The van der Waals surface area contributed by atoms with E-state index in [1.54, 1.807) is 7.05 Å². The zero-order valence-corrected chi connectivity index (χ0v) is 15.1. The van der Waals surface area contributed by atoms with Gasteiger partial charge in [-0.15, -0.1) is 0 Å². The second kappa shape index (κ2) is 7.70. The molecule has 0 aromatic heterocycles. The normalized spacial score (nSPS) is 16.2. The molecule has 1 aliphatic rings. The van der Waals surface area contributed by atoms with Crippen molar-refractivity contribution >= 4 is 6.03 Å². The highest BCUT2D eigenvalue weighted by atomic mass is 16.2. The van der Waals surface area contributed by atoms with E-state index in [0.717, 1.165) is 25.9 Å². The van der Waals surface area contributed by atoms with Crippen LogP contribution in [0.5, 0.6) is 0 Å². The highest BCUT2D eigenvalue weighted by Gasteiger charge is 2.34. The number of aryl methyl sites for hydroxylation is 1. The molecule has 1 heterocycles. The molecule has 1 saturated heterocycles. The number of hydrogen-bond donors (Lipinski definition) is 3. The largest absolute Gasteiger partial charge is 0.341 e. The summed E-state index contributed by atoms with van der Waals surface area (Å²) >= 11 is 0. The first-order valence-electron chi connectivity index (χ1n) is 8.97. The minimum atomic E-state index is -0.116. The van der Waals surface area contributed by atoms with Gasteiger partial charge in [0.05, 0.1) is 0 Å². The van der Waals surface area contributed by atoms with Gasteiger partial charge in [0, 0.05) is 19.0 Å². The Morgan fingerprint density at radius 1 is 1.08 bits per heavy atom. The van der Waals surface area contributed by atoms with E-state index in [1.807, 2.05) is 0 Å². The summed E-state index contributed by atoms with van der Waals surface area (Å²) in [7, 11) is 1.65. The molecule has 4 heteroatoms. The molecule has 0 saturated carbocycles. The summed E-state index contributed by atoms with van der Waals surface area (Å²) in [5, 5.41) is 9.09. The lowest BCUT2D eigenvalue weighted by Gasteiger charge is -2.38. The van der Waals surface area contributed by atoms with Crippen LogP contribution in [0.3, 0.4) is 0 Å². The van der Waals surface area contributed by atoms with Crippen molar-refractivity contribution in [2.75, 3.05) is 26.7 Å². The first-order valence-corrected chi connectivity index (χ1v) is 8.97. The van der Waals surface area contributed by atoms with Crippen molar-refractivity contribution in [1.29, 1.82) is 0 Å². The van der Waals surface area contributed by atoms with E-state index < -0.39 is 0 Å². The van der Waals surface area contributed by atoms with Crippen LogP contribution < -0.4 is 16.0 Å². The first kappa shape index (κ1) is 17.5. The molecule has 2 amide bonds. The van der Waals surface area contributed by atoms with Gasteiger partial charge >= 0.3 is 6.03 Å². The number of piperidine rings is 1. The molecule has 0 aliphatic carbocycles. The van der Waals surface area contributed by atoms with Crippen LogP contribution >= 0.6 is 0 Å². The highest BCUT2D eigenvalue weighted by Crippen LogP contribution is 2.34. The number of rotatable bonds is 4. The SMILES string of the molecule is CNC(=O)NCC1(c2ccc(-c3cccc(C)c3)cc2)CCNCC1. The molecule has 0 spiro atoms. The fourth-order valence-electron chi connectivity index (χ4n) is 3.65. The Kier molecular flexibility index (Phi) is 5.39. The summed E-state index contributed by atoms with van der Waals surface area (Å²) in [6.07, 6.45) is 2.06. The monoisotopic (exact) mass is 337 g/mol. The highest BCUT2D eigenvalue weighted by molar-refractivity contribution is 5.73. The van der Waals surface area contributed by atoms with Gasteiger partial charge in [0.2, 0.25) is 0 Å². The standard InChI is InChI=1S/C21H27N3O/c1-16-4-3-5-18(14-16)17-6-8-19(9-7-17)21(10-12-23-13-11-21)15-24-20(25)22-2/h3-9,14,23H,10-13,15H2,1-2H3,(H2,22,24,25). The molecular formula is C21H27N3O. The summed E-state index contributed by atoms with van der Waals surface area (Å²) in [5.74, 6) is 0. The van der Waals surface area contributed by atoms with Crippen molar-refractivity contribution in [2.24, 2.45) is 0 Å². The number of nitrogens with one attached hydrogen (secondary N) is 3. The Labute approximate surface area is 150 Å².